The number of ether oxygens (including phenoxy) is 1. The zero-order valence-electron chi connectivity index (χ0n) is 9.29. The number of methoxy groups -OCH3 is 1. The molecule has 3 rings (SSSR count). The van der Waals surface area contributed by atoms with Gasteiger partial charge in [0.05, 0.1) is 7.11 Å². The van der Waals surface area contributed by atoms with Gasteiger partial charge in [0.15, 0.2) is 0 Å². The molecular formula is C12H19NO2. The Morgan fingerprint density at radius 3 is 2.33 bits per heavy atom. The molecule has 0 aromatic carbocycles. The van der Waals surface area contributed by atoms with E-state index in [0.717, 1.165) is 17.8 Å². The van der Waals surface area contributed by atoms with E-state index in [1.807, 2.05) is 0 Å². The van der Waals surface area contributed by atoms with E-state index in [1.54, 1.807) is 0 Å². The molecule has 0 saturated heterocycles. The van der Waals surface area contributed by atoms with E-state index >= 15 is 0 Å². The van der Waals surface area contributed by atoms with Crippen LogP contribution in [0.25, 0.3) is 0 Å². The van der Waals surface area contributed by atoms with E-state index in [2.05, 4.69) is 5.32 Å². The van der Waals surface area contributed by atoms with Gasteiger partial charge in [-0.2, -0.15) is 0 Å². The second-order valence-electron chi connectivity index (χ2n) is 5.47. The summed E-state index contributed by atoms with van der Waals surface area (Å²) in [5.74, 6) is 2.53. The van der Waals surface area contributed by atoms with Crippen molar-refractivity contribution in [2.45, 2.75) is 44.1 Å². The maximum absolute atomic E-state index is 11.4. The first-order valence-corrected chi connectivity index (χ1v) is 6.11. The summed E-state index contributed by atoms with van der Waals surface area (Å²) in [6.45, 7) is 0. The van der Waals surface area contributed by atoms with E-state index in [-0.39, 0.29) is 11.6 Å². The third kappa shape index (κ3) is 1.21. The largest absolute Gasteiger partial charge is 0.453 e. The van der Waals surface area contributed by atoms with Crippen molar-refractivity contribution >= 4 is 6.09 Å². The van der Waals surface area contributed by atoms with Crippen molar-refractivity contribution in [3.8, 4) is 0 Å². The third-order valence-corrected chi connectivity index (χ3v) is 5.02. The number of alkyl carbamates (subject to hydrolysis) is 1. The lowest BCUT2D eigenvalue weighted by Crippen LogP contribution is -2.49. The maximum Gasteiger partial charge on any atom is 0.407 e. The standard InChI is InChI=1S/C12H19NO2/c1-15-11(14)13-12-6-4-8-2-3-9(5-7-12)10(8)12/h8-10H,2-7H2,1H3,(H,13,14)/t8-,9-,10?,12?/m1/s1. The smallest absolute Gasteiger partial charge is 0.407 e. The van der Waals surface area contributed by atoms with E-state index in [1.165, 1.54) is 45.6 Å². The van der Waals surface area contributed by atoms with Gasteiger partial charge in [-0.3, -0.25) is 0 Å². The predicted octanol–water partition coefficient (Wildman–Crippen LogP) is 2.31. The van der Waals surface area contributed by atoms with Gasteiger partial charge in [0.25, 0.3) is 0 Å². The van der Waals surface area contributed by atoms with Crippen molar-refractivity contribution in [3.63, 3.8) is 0 Å². The minimum absolute atomic E-state index is 0.110. The lowest BCUT2D eigenvalue weighted by Gasteiger charge is -2.31. The Hall–Kier alpha value is -0.730. The van der Waals surface area contributed by atoms with E-state index in [9.17, 15) is 4.79 Å². The lowest BCUT2D eigenvalue weighted by molar-refractivity contribution is 0.146. The molecule has 3 aliphatic rings. The third-order valence-electron chi connectivity index (χ3n) is 5.02. The van der Waals surface area contributed by atoms with Crippen molar-refractivity contribution in [3.05, 3.63) is 0 Å². The van der Waals surface area contributed by atoms with E-state index in [4.69, 9.17) is 4.74 Å². The first kappa shape index (κ1) is 9.49. The van der Waals surface area contributed by atoms with E-state index < -0.39 is 0 Å². The van der Waals surface area contributed by atoms with Gasteiger partial charge in [-0.05, 0) is 56.3 Å². The average molecular weight is 209 g/mol. The molecule has 0 radical (unpaired) electrons. The summed E-state index contributed by atoms with van der Waals surface area (Å²) in [5.41, 5.74) is 0.110. The molecule has 1 amide bonds. The molecule has 3 nitrogen and oxygen atoms in total. The second-order valence-corrected chi connectivity index (χ2v) is 5.47. The molecular weight excluding hydrogens is 190 g/mol. The molecule has 3 saturated carbocycles. The molecule has 2 atom stereocenters. The van der Waals surface area contributed by atoms with Crippen LogP contribution in [0.4, 0.5) is 4.79 Å². The Balaban J connectivity index is 1.83. The summed E-state index contributed by atoms with van der Waals surface area (Å²) in [4.78, 5) is 11.4. The van der Waals surface area contributed by atoms with Crippen LogP contribution >= 0.6 is 0 Å². The van der Waals surface area contributed by atoms with Crippen LogP contribution in [0.15, 0.2) is 0 Å². The maximum atomic E-state index is 11.4. The highest BCUT2D eigenvalue weighted by molar-refractivity contribution is 5.68. The zero-order valence-corrected chi connectivity index (χ0v) is 9.29. The summed E-state index contributed by atoms with van der Waals surface area (Å²) in [6.07, 6.45) is 7.51. The van der Waals surface area contributed by atoms with Crippen LogP contribution in [0.1, 0.15) is 38.5 Å². The number of hydrogen-bond donors (Lipinski definition) is 1. The van der Waals surface area contributed by atoms with Crippen LogP contribution in [-0.2, 0) is 4.74 Å². The second kappa shape index (κ2) is 3.13. The molecule has 3 heteroatoms. The van der Waals surface area contributed by atoms with Crippen molar-refractivity contribution in [1.29, 1.82) is 0 Å². The Bertz CT molecular complexity index is 273. The Morgan fingerprint density at radius 1 is 1.20 bits per heavy atom. The van der Waals surface area contributed by atoms with Gasteiger partial charge in [0.2, 0.25) is 0 Å². The van der Waals surface area contributed by atoms with Crippen molar-refractivity contribution < 1.29 is 9.53 Å². The van der Waals surface area contributed by atoms with Crippen molar-refractivity contribution in [2.24, 2.45) is 17.8 Å². The molecule has 15 heavy (non-hydrogen) atoms. The lowest BCUT2D eigenvalue weighted by atomic mass is 9.86. The fraction of sp³-hybridized carbons (Fsp3) is 0.917. The highest BCUT2D eigenvalue weighted by Crippen LogP contribution is 2.60. The van der Waals surface area contributed by atoms with Crippen LogP contribution in [0.3, 0.4) is 0 Å². The van der Waals surface area contributed by atoms with Gasteiger partial charge in [-0.15, -0.1) is 0 Å². The Kier molecular flexibility index (Phi) is 1.98. The number of nitrogens with one attached hydrogen (secondary N) is 1. The van der Waals surface area contributed by atoms with Crippen LogP contribution in [0, 0.1) is 17.8 Å². The minimum atomic E-state index is -0.233. The molecule has 3 aliphatic carbocycles. The Morgan fingerprint density at radius 2 is 1.80 bits per heavy atom. The molecule has 3 fully saturated rings. The summed E-state index contributed by atoms with van der Waals surface area (Å²) < 4.78 is 4.76. The van der Waals surface area contributed by atoms with Crippen LogP contribution < -0.4 is 5.32 Å². The summed E-state index contributed by atoms with van der Waals surface area (Å²) in [6, 6.07) is 0. The van der Waals surface area contributed by atoms with E-state index in [0.29, 0.717) is 0 Å². The highest BCUT2D eigenvalue weighted by Gasteiger charge is 2.58. The monoisotopic (exact) mass is 209 g/mol. The zero-order chi connectivity index (χ0) is 10.5. The summed E-state index contributed by atoms with van der Waals surface area (Å²) in [7, 11) is 1.46. The summed E-state index contributed by atoms with van der Waals surface area (Å²) >= 11 is 0. The van der Waals surface area contributed by atoms with Crippen LogP contribution in [-0.4, -0.2) is 18.7 Å². The predicted molar refractivity (Wildman–Crippen MR) is 56.4 cm³/mol. The SMILES string of the molecule is COC(=O)NC12CC[C@H]3CC[C@H](CC1)C32. The van der Waals surface area contributed by atoms with Gasteiger partial charge < -0.3 is 10.1 Å². The molecule has 0 aromatic rings. The number of hydrogen-bond acceptors (Lipinski definition) is 2. The summed E-state index contributed by atoms with van der Waals surface area (Å²) in [5, 5.41) is 3.14. The highest BCUT2D eigenvalue weighted by atomic mass is 16.5. The van der Waals surface area contributed by atoms with Gasteiger partial charge in [-0.1, -0.05) is 0 Å². The minimum Gasteiger partial charge on any atom is -0.453 e. The Labute approximate surface area is 90.6 Å². The van der Waals surface area contributed by atoms with Crippen LogP contribution in [0.5, 0.6) is 0 Å². The van der Waals surface area contributed by atoms with Gasteiger partial charge in [-0.25, -0.2) is 4.79 Å². The first-order chi connectivity index (χ1) is 7.25. The fourth-order valence-electron chi connectivity index (χ4n) is 4.53. The average Bonchev–Trinajstić information content (AvgIpc) is 2.84. The normalized spacial score (nSPS) is 46.6. The molecule has 0 heterocycles. The molecule has 0 aliphatic heterocycles. The fourth-order valence-corrected chi connectivity index (χ4v) is 4.53. The number of rotatable bonds is 1. The van der Waals surface area contributed by atoms with Crippen molar-refractivity contribution in [1.82, 2.24) is 5.32 Å². The molecule has 1 N–H and O–H groups in total. The van der Waals surface area contributed by atoms with Gasteiger partial charge >= 0.3 is 6.09 Å². The van der Waals surface area contributed by atoms with Gasteiger partial charge in [0.1, 0.15) is 0 Å². The number of carbonyl (C=O) groups excluding carboxylic acids is 1. The molecule has 84 valence electrons. The molecule has 0 aromatic heterocycles. The van der Waals surface area contributed by atoms with Crippen LogP contribution in [0.2, 0.25) is 0 Å². The quantitative estimate of drug-likeness (QED) is 0.719. The number of carbonyl (C=O) groups is 1. The molecule has 0 bridgehead atoms. The molecule has 0 spiro atoms. The van der Waals surface area contributed by atoms with Crippen molar-refractivity contribution in [2.75, 3.05) is 7.11 Å². The topological polar surface area (TPSA) is 38.3 Å². The van der Waals surface area contributed by atoms with Gasteiger partial charge in [0, 0.05) is 5.54 Å². The molecule has 0 unspecified atom stereocenters. The number of amides is 1. The first-order valence-electron chi connectivity index (χ1n) is 6.11.